The Morgan fingerprint density at radius 1 is 1.21 bits per heavy atom. The van der Waals surface area contributed by atoms with Gasteiger partial charge in [-0.05, 0) is 38.8 Å². The molecule has 1 aliphatic heterocycles. The van der Waals surface area contributed by atoms with E-state index in [1.165, 1.54) is 24.5 Å². The van der Waals surface area contributed by atoms with Crippen LogP contribution in [0.2, 0.25) is 0 Å². The van der Waals surface area contributed by atoms with Gasteiger partial charge in [-0.25, -0.2) is 22.6 Å². The van der Waals surface area contributed by atoms with Crippen LogP contribution in [0.3, 0.4) is 0 Å². The normalized spacial score (nSPS) is 15.8. The SMILES string of the molecule is CC(C)N(CCOc1ncc(-c2cc3c4c(cnc3cc2F)N(C)C(=O)C42CCC2)cc1NS(=O)(=O)C(F)F)C(=O)O. The Labute approximate surface area is 239 Å². The maximum Gasteiger partial charge on any atom is 0.407 e. The van der Waals surface area contributed by atoms with Crippen LogP contribution in [-0.2, 0) is 20.2 Å². The molecule has 5 rings (SSSR count). The number of carbonyl (C=O) groups excluding carboxylic acids is 1. The smallest absolute Gasteiger partial charge is 0.407 e. The van der Waals surface area contributed by atoms with E-state index in [0.29, 0.717) is 29.4 Å². The fourth-order valence-corrected chi connectivity index (χ4v) is 6.06. The molecule has 1 saturated carbocycles. The van der Waals surface area contributed by atoms with Crippen LogP contribution < -0.4 is 14.4 Å². The molecule has 2 amide bonds. The summed E-state index contributed by atoms with van der Waals surface area (Å²) in [5.74, 6) is -4.98. The number of ether oxygens (including phenoxy) is 1. The molecule has 1 aromatic carbocycles. The average molecular weight is 608 g/mol. The first-order chi connectivity index (χ1) is 19.8. The van der Waals surface area contributed by atoms with Gasteiger partial charge in [0.2, 0.25) is 11.8 Å². The van der Waals surface area contributed by atoms with Crippen LogP contribution in [0.4, 0.5) is 29.3 Å². The van der Waals surface area contributed by atoms with E-state index in [9.17, 15) is 31.9 Å². The molecule has 1 spiro atoms. The van der Waals surface area contributed by atoms with E-state index in [0.717, 1.165) is 23.0 Å². The van der Waals surface area contributed by atoms with Gasteiger partial charge >= 0.3 is 11.9 Å². The Morgan fingerprint density at radius 3 is 2.52 bits per heavy atom. The fourth-order valence-electron chi connectivity index (χ4n) is 5.51. The number of amides is 2. The summed E-state index contributed by atoms with van der Waals surface area (Å²) in [5.41, 5.74) is 0.489. The maximum atomic E-state index is 15.4. The lowest BCUT2D eigenvalue weighted by molar-refractivity contribution is -0.125. The molecule has 2 N–H and O–H groups in total. The number of rotatable bonds is 9. The van der Waals surface area contributed by atoms with Crippen molar-refractivity contribution in [3.05, 3.63) is 42.0 Å². The standard InChI is InChI=1S/C27H28F3N5O6S/c1-14(2)35(26(37)38)7-8-41-23-20(33-42(39,40)25(29)30)9-15(12-32-23)16-10-17-19(11-18(16)28)31-13-21-22(17)27(5-4-6-27)24(36)34(21)3/h9-14,25,33H,4-8H2,1-3H3,(H,37,38). The summed E-state index contributed by atoms with van der Waals surface area (Å²) in [6.45, 7) is 2.90. The van der Waals surface area contributed by atoms with Crippen LogP contribution in [0, 0.1) is 5.82 Å². The third kappa shape index (κ3) is 4.84. The van der Waals surface area contributed by atoms with Crippen molar-refractivity contribution in [3.8, 4) is 17.0 Å². The number of aromatic nitrogens is 2. The second kappa shape index (κ2) is 10.6. The van der Waals surface area contributed by atoms with Crippen molar-refractivity contribution < 1.29 is 41.0 Å². The lowest BCUT2D eigenvalue weighted by Crippen LogP contribution is -2.43. The minimum atomic E-state index is -5.17. The van der Waals surface area contributed by atoms with Gasteiger partial charge < -0.3 is 19.6 Å². The predicted octanol–water partition coefficient (Wildman–Crippen LogP) is 4.57. The molecule has 1 fully saturated rings. The van der Waals surface area contributed by atoms with Gasteiger partial charge in [0.15, 0.2) is 0 Å². The number of carboxylic acid groups (broad SMARTS) is 1. The summed E-state index contributed by atoms with van der Waals surface area (Å²) in [6.07, 6.45) is 3.65. The number of nitrogens with one attached hydrogen (secondary N) is 1. The van der Waals surface area contributed by atoms with Crippen molar-refractivity contribution in [1.82, 2.24) is 14.9 Å². The van der Waals surface area contributed by atoms with Crippen LogP contribution in [0.1, 0.15) is 38.7 Å². The minimum Gasteiger partial charge on any atom is -0.474 e. The molecule has 0 radical (unpaired) electrons. The number of nitrogens with zero attached hydrogens (tertiary/aromatic N) is 4. The zero-order valence-corrected chi connectivity index (χ0v) is 23.7. The van der Waals surface area contributed by atoms with Gasteiger partial charge in [0.05, 0.1) is 29.4 Å². The lowest BCUT2D eigenvalue weighted by Gasteiger charge is -2.37. The fraction of sp³-hybridized carbons (Fsp3) is 0.407. The first-order valence-electron chi connectivity index (χ1n) is 13.1. The molecule has 15 heteroatoms. The van der Waals surface area contributed by atoms with Gasteiger partial charge in [-0.3, -0.25) is 14.5 Å². The van der Waals surface area contributed by atoms with E-state index in [1.807, 2.05) is 0 Å². The Balaban J connectivity index is 1.57. The van der Waals surface area contributed by atoms with Crippen LogP contribution in [0.25, 0.3) is 22.0 Å². The van der Waals surface area contributed by atoms with Crippen molar-refractivity contribution in [2.75, 3.05) is 29.8 Å². The zero-order chi connectivity index (χ0) is 30.6. The third-order valence-corrected chi connectivity index (χ3v) is 8.76. The predicted molar refractivity (Wildman–Crippen MR) is 148 cm³/mol. The molecule has 2 aromatic heterocycles. The van der Waals surface area contributed by atoms with Crippen molar-refractivity contribution in [2.24, 2.45) is 0 Å². The monoisotopic (exact) mass is 607 g/mol. The maximum absolute atomic E-state index is 15.4. The quantitative estimate of drug-likeness (QED) is 0.361. The van der Waals surface area contributed by atoms with Gasteiger partial charge in [0.1, 0.15) is 18.1 Å². The third-order valence-electron chi connectivity index (χ3n) is 7.79. The minimum absolute atomic E-state index is 0.0254. The number of benzene rings is 1. The number of pyridine rings is 2. The van der Waals surface area contributed by atoms with E-state index in [2.05, 4.69) is 9.97 Å². The van der Waals surface area contributed by atoms with Crippen LogP contribution in [0.5, 0.6) is 5.88 Å². The highest BCUT2D eigenvalue weighted by molar-refractivity contribution is 7.93. The van der Waals surface area contributed by atoms with Crippen molar-refractivity contribution in [3.63, 3.8) is 0 Å². The topological polar surface area (TPSA) is 142 Å². The Kier molecular flexibility index (Phi) is 7.41. The molecule has 0 saturated heterocycles. The van der Waals surface area contributed by atoms with Gasteiger partial charge in [-0.15, -0.1) is 0 Å². The molecule has 0 atom stereocenters. The molecule has 3 heterocycles. The average Bonchev–Trinajstić information content (AvgIpc) is 3.13. The summed E-state index contributed by atoms with van der Waals surface area (Å²) < 4.78 is 73.3. The number of carbonyl (C=O) groups is 2. The second-order valence-corrected chi connectivity index (χ2v) is 12.2. The second-order valence-electron chi connectivity index (χ2n) is 10.6. The van der Waals surface area contributed by atoms with Gasteiger partial charge in [-0.2, -0.15) is 8.78 Å². The molecule has 0 bridgehead atoms. The molecule has 1 aliphatic carbocycles. The summed E-state index contributed by atoms with van der Waals surface area (Å²) in [7, 11) is -3.51. The van der Waals surface area contributed by atoms with E-state index >= 15 is 4.39 Å². The molecular formula is C27H28F3N5O6S. The van der Waals surface area contributed by atoms with Crippen LogP contribution in [-0.4, -0.2) is 72.4 Å². The van der Waals surface area contributed by atoms with E-state index < -0.39 is 44.7 Å². The van der Waals surface area contributed by atoms with Crippen molar-refractivity contribution >= 4 is 44.3 Å². The Bertz CT molecular complexity index is 1700. The van der Waals surface area contributed by atoms with E-state index in [1.54, 1.807) is 30.5 Å². The van der Waals surface area contributed by atoms with Crippen molar-refractivity contribution in [2.45, 2.75) is 50.3 Å². The number of fused-ring (bicyclic) bond motifs is 4. The van der Waals surface area contributed by atoms with Gasteiger partial charge in [0.25, 0.3) is 10.0 Å². The number of anilines is 2. The molecule has 3 aromatic rings. The number of sulfonamides is 1. The molecule has 42 heavy (non-hydrogen) atoms. The molecular weight excluding hydrogens is 579 g/mol. The summed E-state index contributed by atoms with van der Waals surface area (Å²) in [4.78, 5) is 35.6. The summed E-state index contributed by atoms with van der Waals surface area (Å²) in [5, 5.41) is 9.87. The first kappa shape index (κ1) is 29.4. The summed E-state index contributed by atoms with van der Waals surface area (Å²) in [6, 6.07) is 3.41. The number of hydrogen-bond donors (Lipinski definition) is 2. The van der Waals surface area contributed by atoms with Gasteiger partial charge in [-0.1, -0.05) is 6.42 Å². The largest absolute Gasteiger partial charge is 0.474 e. The van der Waals surface area contributed by atoms with Gasteiger partial charge in [0, 0.05) is 47.4 Å². The van der Waals surface area contributed by atoms with Crippen LogP contribution in [0.15, 0.2) is 30.6 Å². The highest BCUT2D eigenvalue weighted by Crippen LogP contribution is 2.55. The first-order valence-corrected chi connectivity index (χ1v) is 14.6. The number of alkyl halides is 2. The molecule has 224 valence electrons. The lowest BCUT2D eigenvalue weighted by atomic mass is 9.64. The van der Waals surface area contributed by atoms with E-state index in [-0.39, 0.29) is 36.2 Å². The van der Waals surface area contributed by atoms with Crippen molar-refractivity contribution in [1.29, 1.82) is 0 Å². The zero-order valence-electron chi connectivity index (χ0n) is 22.9. The summed E-state index contributed by atoms with van der Waals surface area (Å²) >= 11 is 0. The Hall–Kier alpha value is -4.14. The number of halogens is 3. The molecule has 11 nitrogen and oxygen atoms in total. The Morgan fingerprint density at radius 2 is 1.93 bits per heavy atom. The molecule has 2 aliphatic rings. The number of likely N-dealkylation sites (N-methyl/N-ethyl adjacent to an activating group) is 1. The number of hydrogen-bond acceptors (Lipinski definition) is 7. The van der Waals surface area contributed by atoms with E-state index in [4.69, 9.17) is 4.74 Å². The molecule has 0 unspecified atom stereocenters. The highest BCUT2D eigenvalue weighted by Gasteiger charge is 2.54. The van der Waals surface area contributed by atoms with Crippen LogP contribution >= 0.6 is 0 Å². The highest BCUT2D eigenvalue weighted by atomic mass is 32.2.